The van der Waals surface area contributed by atoms with Gasteiger partial charge in [0, 0.05) is 51.4 Å². The smallest absolute Gasteiger partial charge is 0.383 e. The zero-order valence-electron chi connectivity index (χ0n) is 13.7. The summed E-state index contributed by atoms with van der Waals surface area (Å²) in [5, 5.41) is 30.9. The summed E-state index contributed by atoms with van der Waals surface area (Å²) >= 11 is 0. The Hall–Kier alpha value is -0.833. The zero-order valence-corrected chi connectivity index (χ0v) is 19.6. The Labute approximate surface area is 162 Å². The van der Waals surface area contributed by atoms with Gasteiger partial charge in [-0.2, -0.15) is 0 Å². The minimum atomic E-state index is -1.07. The standard InChI is InChI=1S/C11H14O3.C3H6O3.CH4.2Zn/c1-5-6(2)8(4)10(12)9(7(5)3)11(13)14;1-2(4)3(5)6;;;/h12H,1-4H3,(H,13,14);2,4H,1H3,(H,5,6);1H4;;/p+2. The van der Waals surface area contributed by atoms with Gasteiger partial charge in [0.15, 0.2) is 5.56 Å². The van der Waals surface area contributed by atoms with Crippen LogP contribution in [0.3, 0.4) is 0 Å². The van der Waals surface area contributed by atoms with Crippen molar-refractivity contribution in [3.8, 4) is 5.75 Å². The summed E-state index contributed by atoms with van der Waals surface area (Å²) in [4.78, 5) is 20.4. The third-order valence-electron chi connectivity index (χ3n) is 3.27. The van der Waals surface area contributed by atoms with E-state index in [1.165, 1.54) is 6.92 Å². The molecule has 6 N–H and O–H groups in total. The average molecular weight is 433 g/mol. The molecule has 0 bridgehead atoms. The first-order valence-corrected chi connectivity index (χ1v) is 6.01. The number of carbonyl (C=O) groups is 2. The van der Waals surface area contributed by atoms with E-state index in [2.05, 4.69) is 0 Å². The van der Waals surface area contributed by atoms with Crippen LogP contribution in [-0.2, 0) is 43.8 Å². The van der Waals surface area contributed by atoms with E-state index in [4.69, 9.17) is 20.4 Å². The number of rotatable bonds is 2. The predicted molar refractivity (Wildman–Crippen MR) is 82.9 cm³/mol. The molecule has 1 rings (SSSR count). The molecule has 0 fully saturated rings. The maximum Gasteiger partial charge on any atom is 0.383 e. The molecule has 1 unspecified atom stereocenters. The molecular weight excluding hydrogens is 407 g/mol. The maximum atomic E-state index is 10.9. The molecule has 1 atom stereocenters. The van der Waals surface area contributed by atoms with Crippen molar-refractivity contribution in [3.05, 3.63) is 27.8 Å². The second kappa shape index (κ2) is 12.6. The maximum absolute atomic E-state index is 10.9. The molecule has 0 saturated heterocycles. The molecule has 0 aliphatic carbocycles. The molecule has 0 amide bonds. The van der Waals surface area contributed by atoms with E-state index in [-0.39, 0.29) is 57.7 Å². The van der Waals surface area contributed by atoms with Crippen molar-refractivity contribution in [1.82, 2.24) is 0 Å². The summed E-state index contributed by atoms with van der Waals surface area (Å²) in [6, 6.07) is 0. The number of aromatic carboxylic acids is 1. The number of aliphatic carboxylic acids is 1. The first-order valence-electron chi connectivity index (χ1n) is 6.01. The third-order valence-corrected chi connectivity index (χ3v) is 3.27. The molecule has 6 nitrogen and oxygen atoms in total. The Morgan fingerprint density at radius 2 is 1.22 bits per heavy atom. The van der Waals surface area contributed by atoms with E-state index in [1.807, 2.05) is 13.8 Å². The van der Waals surface area contributed by atoms with E-state index in [0.29, 0.717) is 5.56 Å². The van der Waals surface area contributed by atoms with Crippen molar-refractivity contribution < 1.29 is 69.0 Å². The average Bonchev–Trinajstić information content (AvgIpc) is 2.34. The number of carboxylic acid groups (broad SMARTS) is 2. The van der Waals surface area contributed by atoms with Crippen LogP contribution in [0.5, 0.6) is 5.75 Å². The van der Waals surface area contributed by atoms with Crippen molar-refractivity contribution in [2.45, 2.75) is 48.1 Å². The Balaban J connectivity index is -0.000000176. The number of carboxylic acids is 2. The summed E-state index contributed by atoms with van der Waals surface area (Å²) < 4.78 is 0. The van der Waals surface area contributed by atoms with Gasteiger partial charge in [0.25, 0.3) is 5.75 Å². The number of hydrogen-bond donors (Lipinski definition) is 2. The third kappa shape index (κ3) is 8.01. The van der Waals surface area contributed by atoms with Crippen molar-refractivity contribution in [1.29, 1.82) is 0 Å². The molecule has 0 spiro atoms. The van der Waals surface area contributed by atoms with Gasteiger partial charge in [0.1, 0.15) is 0 Å². The van der Waals surface area contributed by atoms with Crippen molar-refractivity contribution in [3.63, 3.8) is 0 Å². The largest absolute Gasteiger partial charge is 0.593 e. The van der Waals surface area contributed by atoms with Gasteiger partial charge in [-0.05, 0) is 44.4 Å². The van der Waals surface area contributed by atoms with Crippen LogP contribution in [0.4, 0.5) is 0 Å². The molecule has 8 heteroatoms. The van der Waals surface area contributed by atoms with Gasteiger partial charge in [0.2, 0.25) is 6.10 Å². The van der Waals surface area contributed by atoms with Gasteiger partial charge >= 0.3 is 11.9 Å². The van der Waals surface area contributed by atoms with Crippen LogP contribution in [0.15, 0.2) is 0 Å². The topological polar surface area (TPSA) is 120 Å². The van der Waals surface area contributed by atoms with Gasteiger partial charge < -0.3 is 20.4 Å². The summed E-state index contributed by atoms with van der Waals surface area (Å²) in [6.07, 6.45) is -0.981. The molecule has 23 heavy (non-hydrogen) atoms. The molecule has 1 aromatic carbocycles. The fourth-order valence-corrected chi connectivity index (χ4v) is 1.58. The molecule has 124 valence electrons. The fourth-order valence-electron chi connectivity index (χ4n) is 1.58. The second-order valence-electron chi connectivity index (χ2n) is 4.62. The van der Waals surface area contributed by atoms with Crippen LogP contribution in [0.2, 0.25) is 0 Å². The number of hydrogen-bond acceptors (Lipinski definition) is 2. The Bertz CT molecular complexity index is 512. The predicted octanol–water partition coefficient (Wildman–Crippen LogP) is 1.87. The Morgan fingerprint density at radius 3 is 1.48 bits per heavy atom. The van der Waals surface area contributed by atoms with Crippen LogP contribution in [0.1, 0.15) is 47.0 Å². The fraction of sp³-hybridized carbons (Fsp3) is 0.467. The first kappa shape index (κ1) is 30.1. The molecular formula is C15H26O6Zn2+2. The van der Waals surface area contributed by atoms with Gasteiger partial charge in [0.05, 0.1) is 0 Å². The quantitative estimate of drug-likeness (QED) is 0.547. The van der Waals surface area contributed by atoms with Crippen LogP contribution >= 0.6 is 0 Å². The molecule has 0 aliphatic rings. The first-order chi connectivity index (χ1) is 9.02. The van der Waals surface area contributed by atoms with Crippen LogP contribution in [0.25, 0.3) is 0 Å². The number of benzene rings is 1. The summed E-state index contributed by atoms with van der Waals surface area (Å²) in [7, 11) is 0. The van der Waals surface area contributed by atoms with Crippen LogP contribution in [0, 0.1) is 27.7 Å². The monoisotopic (exact) mass is 430 g/mol. The Morgan fingerprint density at radius 1 is 0.913 bits per heavy atom. The molecule has 0 saturated carbocycles. The van der Waals surface area contributed by atoms with Crippen molar-refractivity contribution in [2.24, 2.45) is 0 Å². The van der Waals surface area contributed by atoms with Crippen molar-refractivity contribution >= 4 is 11.9 Å². The summed E-state index contributed by atoms with van der Waals surface area (Å²) in [6.45, 7) is 8.66. The Kier molecular flexibility index (Phi) is 16.4. The van der Waals surface area contributed by atoms with Gasteiger partial charge in [-0.3, -0.25) is 0 Å². The molecule has 0 aromatic heterocycles. The van der Waals surface area contributed by atoms with Gasteiger partial charge in [-0.1, -0.05) is 7.43 Å². The zero-order chi connectivity index (χ0) is 16.2. The van der Waals surface area contributed by atoms with Gasteiger partial charge in [-0.15, -0.1) is 0 Å². The van der Waals surface area contributed by atoms with Crippen LogP contribution in [-0.4, -0.2) is 38.5 Å². The normalized spacial score (nSPS) is 9.83. The van der Waals surface area contributed by atoms with E-state index < -0.39 is 18.0 Å². The van der Waals surface area contributed by atoms with E-state index in [0.717, 1.165) is 16.7 Å². The molecule has 1 aromatic rings. The van der Waals surface area contributed by atoms with E-state index in [9.17, 15) is 9.59 Å². The van der Waals surface area contributed by atoms with E-state index >= 15 is 0 Å². The van der Waals surface area contributed by atoms with Crippen LogP contribution < -0.4 is 0 Å². The molecule has 0 aliphatic heterocycles. The minimum Gasteiger partial charge on any atom is -0.593 e. The van der Waals surface area contributed by atoms with Gasteiger partial charge in [-0.25, -0.2) is 9.59 Å². The van der Waals surface area contributed by atoms with Crippen molar-refractivity contribution in [2.75, 3.05) is 0 Å². The van der Waals surface area contributed by atoms with E-state index in [1.54, 1.807) is 13.8 Å². The summed E-state index contributed by atoms with van der Waals surface area (Å²) in [5.74, 6) is -1.95. The SMILES string of the molecule is C.CC([OH2+])C(=O)O.Cc1c(C)c(C)c(C(=O)O)c([OH2+])c1C.[Zn].[Zn]. The molecule has 0 radical (unpaired) electrons. The minimum absolute atomic E-state index is 0. The molecule has 0 heterocycles. The summed E-state index contributed by atoms with van der Waals surface area (Å²) in [5.41, 5.74) is 3.56. The second-order valence-corrected chi connectivity index (χ2v) is 4.62.